The lowest BCUT2D eigenvalue weighted by Crippen LogP contribution is -2.44. The van der Waals surface area contributed by atoms with Crippen LogP contribution < -0.4 is 10.1 Å². The van der Waals surface area contributed by atoms with E-state index in [-0.39, 0.29) is 18.2 Å². The first kappa shape index (κ1) is 17.2. The molecular weight excluding hydrogens is 376 g/mol. The van der Waals surface area contributed by atoms with Gasteiger partial charge in [-0.05, 0) is 25.8 Å². The number of hydrogen-bond donors (Lipinski definition) is 2. The van der Waals surface area contributed by atoms with Gasteiger partial charge in [0.05, 0.1) is 12.1 Å². The van der Waals surface area contributed by atoms with Gasteiger partial charge in [-0.2, -0.15) is 5.10 Å². The molecule has 9 heteroatoms. The van der Waals surface area contributed by atoms with Crippen LogP contribution in [0.2, 0.25) is 0 Å². The summed E-state index contributed by atoms with van der Waals surface area (Å²) in [5.41, 5.74) is 6.24. The third-order valence-electron chi connectivity index (χ3n) is 5.05. The van der Waals surface area contributed by atoms with Gasteiger partial charge in [0.15, 0.2) is 0 Å². The van der Waals surface area contributed by atoms with Crippen molar-refractivity contribution >= 4 is 23.1 Å². The highest BCUT2D eigenvalue weighted by molar-refractivity contribution is 7.07. The Balaban J connectivity index is 1.34. The van der Waals surface area contributed by atoms with Crippen molar-refractivity contribution in [1.82, 2.24) is 25.1 Å². The summed E-state index contributed by atoms with van der Waals surface area (Å²) in [4.78, 5) is 23.4. The van der Waals surface area contributed by atoms with E-state index in [1.807, 2.05) is 17.2 Å². The molecular formula is C19H20N6O2S. The zero-order valence-electron chi connectivity index (χ0n) is 15.4. The van der Waals surface area contributed by atoms with Crippen molar-refractivity contribution in [2.24, 2.45) is 0 Å². The summed E-state index contributed by atoms with van der Waals surface area (Å²) in [5, 5.41) is 12.5. The second-order valence-electron chi connectivity index (χ2n) is 7.21. The lowest BCUT2D eigenvalue weighted by molar-refractivity contribution is 0.182. The van der Waals surface area contributed by atoms with Gasteiger partial charge in [0, 0.05) is 47.1 Å². The normalized spacial score (nSPS) is 18.6. The molecule has 3 aromatic heterocycles. The van der Waals surface area contributed by atoms with Crippen molar-refractivity contribution in [3.63, 3.8) is 0 Å². The van der Waals surface area contributed by atoms with Crippen LogP contribution in [0, 0.1) is 0 Å². The van der Waals surface area contributed by atoms with Crippen LogP contribution in [0.15, 0.2) is 29.2 Å². The van der Waals surface area contributed by atoms with Crippen molar-refractivity contribution < 1.29 is 9.53 Å². The fraction of sp³-hybridized carbons (Fsp3) is 0.368. The van der Waals surface area contributed by atoms with Gasteiger partial charge in [0.2, 0.25) is 5.88 Å². The summed E-state index contributed by atoms with van der Waals surface area (Å²) in [6, 6.07) is 3.46. The maximum Gasteiger partial charge on any atom is 0.322 e. The van der Waals surface area contributed by atoms with E-state index in [0.29, 0.717) is 18.1 Å². The highest BCUT2D eigenvalue weighted by Crippen LogP contribution is 2.31. The van der Waals surface area contributed by atoms with Crippen molar-refractivity contribution in [3.8, 4) is 17.3 Å². The number of carbonyl (C=O) groups excluding carboxylic acids is 1. The van der Waals surface area contributed by atoms with Crippen molar-refractivity contribution in [2.45, 2.75) is 44.9 Å². The number of aromatic nitrogens is 4. The van der Waals surface area contributed by atoms with Gasteiger partial charge < -0.3 is 15.0 Å². The van der Waals surface area contributed by atoms with Crippen LogP contribution in [0.5, 0.6) is 5.88 Å². The second kappa shape index (κ2) is 6.90. The minimum Gasteiger partial charge on any atom is -0.474 e. The van der Waals surface area contributed by atoms with Crippen LogP contribution in [-0.4, -0.2) is 43.2 Å². The maximum absolute atomic E-state index is 13.0. The molecule has 0 aromatic carbocycles. The zero-order valence-corrected chi connectivity index (χ0v) is 16.2. The standard InChI is InChI=1S/C19H20N6O2S/c1-11-6-15-14(18(24-23-15)16-9-28-10-21-16)8-25(11)19(26)22-12-4-5-20-17(7-12)27-13-2-3-13/h4-5,7,9-11,13H,2-3,6,8H2,1H3,(H,23,24)(H,20,22,26). The van der Waals surface area contributed by atoms with Crippen molar-refractivity contribution in [1.29, 1.82) is 0 Å². The third kappa shape index (κ3) is 3.33. The van der Waals surface area contributed by atoms with Gasteiger partial charge in [0.1, 0.15) is 17.5 Å². The Kier molecular flexibility index (Phi) is 4.23. The average Bonchev–Trinajstić information content (AvgIpc) is 3.17. The summed E-state index contributed by atoms with van der Waals surface area (Å²) in [5.74, 6) is 0.551. The van der Waals surface area contributed by atoms with E-state index in [1.165, 1.54) is 11.3 Å². The second-order valence-corrected chi connectivity index (χ2v) is 7.93. The number of amides is 2. The number of pyridine rings is 1. The molecule has 1 unspecified atom stereocenters. The summed E-state index contributed by atoms with van der Waals surface area (Å²) >= 11 is 1.53. The molecule has 1 aliphatic heterocycles. The van der Waals surface area contributed by atoms with Gasteiger partial charge in [0.25, 0.3) is 0 Å². The monoisotopic (exact) mass is 396 g/mol. The Morgan fingerprint density at radius 1 is 1.39 bits per heavy atom. The first-order valence-electron chi connectivity index (χ1n) is 9.32. The number of ether oxygens (including phenoxy) is 1. The largest absolute Gasteiger partial charge is 0.474 e. The van der Waals surface area contributed by atoms with Gasteiger partial charge >= 0.3 is 6.03 Å². The maximum atomic E-state index is 13.0. The molecule has 1 saturated carbocycles. The van der Waals surface area contributed by atoms with Gasteiger partial charge in [-0.15, -0.1) is 11.3 Å². The van der Waals surface area contributed by atoms with E-state index in [9.17, 15) is 4.79 Å². The third-order valence-corrected chi connectivity index (χ3v) is 5.63. The first-order chi connectivity index (χ1) is 13.7. The first-order valence-corrected chi connectivity index (χ1v) is 10.3. The molecule has 3 aromatic rings. The minimum absolute atomic E-state index is 0.0558. The molecule has 0 radical (unpaired) electrons. The lowest BCUT2D eigenvalue weighted by atomic mass is 9.99. The number of nitrogens with zero attached hydrogens (tertiary/aromatic N) is 4. The van der Waals surface area contributed by atoms with Crippen LogP contribution >= 0.6 is 11.3 Å². The highest BCUT2D eigenvalue weighted by Gasteiger charge is 2.31. The van der Waals surface area contributed by atoms with E-state index < -0.39 is 0 Å². The van der Waals surface area contributed by atoms with Crippen LogP contribution in [0.3, 0.4) is 0 Å². The smallest absolute Gasteiger partial charge is 0.322 e. The SMILES string of the molecule is CC1Cc2[nH]nc(-c3cscn3)c2CN1C(=O)Nc1ccnc(OC2CC2)c1. The Hall–Kier alpha value is -2.94. The molecule has 8 nitrogen and oxygen atoms in total. The van der Waals surface area contributed by atoms with Crippen molar-refractivity contribution in [2.75, 3.05) is 5.32 Å². The van der Waals surface area contributed by atoms with Gasteiger partial charge in [-0.25, -0.2) is 14.8 Å². The quantitative estimate of drug-likeness (QED) is 0.704. The molecule has 5 rings (SSSR count). The Labute approximate surface area is 166 Å². The zero-order chi connectivity index (χ0) is 19.1. The molecule has 2 N–H and O–H groups in total. The average molecular weight is 396 g/mol. The molecule has 28 heavy (non-hydrogen) atoms. The topological polar surface area (TPSA) is 96.0 Å². The number of H-pyrrole nitrogens is 1. The van der Waals surface area contributed by atoms with Crippen LogP contribution in [-0.2, 0) is 13.0 Å². The summed E-state index contributed by atoms with van der Waals surface area (Å²) in [6.45, 7) is 2.53. The molecule has 0 saturated heterocycles. The van der Waals surface area contributed by atoms with E-state index in [2.05, 4.69) is 25.5 Å². The van der Waals surface area contributed by atoms with Gasteiger partial charge in [-0.3, -0.25) is 5.10 Å². The summed E-state index contributed by atoms with van der Waals surface area (Å²) in [6.07, 6.45) is 4.79. The number of rotatable bonds is 4. The molecule has 2 amide bonds. The number of carbonyl (C=O) groups is 1. The number of nitrogens with one attached hydrogen (secondary N) is 2. The Bertz CT molecular complexity index is 998. The predicted octanol–water partition coefficient (Wildman–Crippen LogP) is 3.45. The number of anilines is 1. The van der Waals surface area contributed by atoms with E-state index >= 15 is 0 Å². The van der Waals surface area contributed by atoms with Crippen LogP contribution in [0.1, 0.15) is 31.0 Å². The molecule has 1 fully saturated rings. The summed E-state index contributed by atoms with van der Waals surface area (Å²) < 4.78 is 5.71. The van der Waals surface area contributed by atoms with E-state index in [1.54, 1.807) is 23.8 Å². The number of thiazole rings is 1. The molecule has 0 spiro atoms. The molecule has 2 aliphatic rings. The number of aromatic amines is 1. The molecule has 4 heterocycles. The van der Waals surface area contributed by atoms with E-state index in [0.717, 1.165) is 41.9 Å². The van der Waals surface area contributed by atoms with Gasteiger partial charge in [-0.1, -0.05) is 0 Å². The predicted molar refractivity (Wildman–Crippen MR) is 105 cm³/mol. The highest BCUT2D eigenvalue weighted by atomic mass is 32.1. The van der Waals surface area contributed by atoms with E-state index in [4.69, 9.17) is 4.74 Å². The Morgan fingerprint density at radius 3 is 3.07 bits per heavy atom. The fourth-order valence-corrected chi connectivity index (χ4v) is 3.93. The van der Waals surface area contributed by atoms with Crippen LogP contribution in [0.25, 0.3) is 11.4 Å². The molecule has 144 valence electrons. The van der Waals surface area contributed by atoms with Crippen LogP contribution in [0.4, 0.5) is 10.5 Å². The minimum atomic E-state index is -0.146. The van der Waals surface area contributed by atoms with Crippen molar-refractivity contribution in [3.05, 3.63) is 40.5 Å². The number of fused-ring (bicyclic) bond motifs is 1. The fourth-order valence-electron chi connectivity index (χ4n) is 3.39. The number of hydrogen-bond acceptors (Lipinski definition) is 6. The lowest BCUT2D eigenvalue weighted by Gasteiger charge is -2.33. The molecule has 1 atom stereocenters. The summed E-state index contributed by atoms with van der Waals surface area (Å²) in [7, 11) is 0. The molecule has 1 aliphatic carbocycles. The molecule has 0 bridgehead atoms. The number of urea groups is 1. The Morgan fingerprint density at radius 2 is 2.29 bits per heavy atom.